The van der Waals surface area contributed by atoms with Crippen molar-refractivity contribution in [3.63, 3.8) is 0 Å². The van der Waals surface area contributed by atoms with Crippen LogP contribution in [0.5, 0.6) is 5.75 Å². The maximum absolute atomic E-state index is 13.4. The minimum absolute atomic E-state index is 0.153. The second-order valence-corrected chi connectivity index (χ2v) is 10.6. The van der Waals surface area contributed by atoms with E-state index in [-0.39, 0.29) is 24.1 Å². The summed E-state index contributed by atoms with van der Waals surface area (Å²) >= 11 is 0. The summed E-state index contributed by atoms with van der Waals surface area (Å²) in [6, 6.07) is 8.93. The van der Waals surface area contributed by atoms with Crippen LogP contribution in [0.25, 0.3) is 10.9 Å². The smallest absolute Gasteiger partial charge is 0.411 e. The Bertz CT molecular complexity index is 1070. The molecule has 2 aromatic rings. The summed E-state index contributed by atoms with van der Waals surface area (Å²) < 4.78 is 11.9. The Kier molecular flexibility index (Phi) is 6.56. The van der Waals surface area contributed by atoms with E-state index in [1.807, 2.05) is 57.2 Å². The van der Waals surface area contributed by atoms with Gasteiger partial charge in [-0.2, -0.15) is 0 Å². The van der Waals surface area contributed by atoms with Crippen LogP contribution in [0.2, 0.25) is 0 Å². The predicted octanol–water partition coefficient (Wildman–Crippen LogP) is 4.85. The van der Waals surface area contributed by atoms with Crippen LogP contribution in [0.1, 0.15) is 53.4 Å². The number of nitrogens with zero attached hydrogens (tertiary/aromatic N) is 2. The molecule has 1 aromatic carbocycles. The van der Waals surface area contributed by atoms with Gasteiger partial charge in [-0.1, -0.05) is 18.2 Å². The number of nitrogens with one attached hydrogen (secondary N) is 1. The lowest BCUT2D eigenvalue weighted by atomic mass is 10.1. The number of rotatable bonds is 7. The number of para-hydroxylation sites is 1. The predicted molar refractivity (Wildman–Crippen MR) is 132 cm³/mol. The molecule has 0 bridgehead atoms. The molecule has 2 amide bonds. The fraction of sp³-hybridized carbons (Fsp3) is 0.519. The van der Waals surface area contributed by atoms with Crippen molar-refractivity contribution in [1.29, 1.82) is 0 Å². The van der Waals surface area contributed by atoms with E-state index in [1.54, 1.807) is 6.20 Å². The van der Waals surface area contributed by atoms with E-state index >= 15 is 0 Å². The van der Waals surface area contributed by atoms with Gasteiger partial charge < -0.3 is 14.8 Å². The third-order valence-corrected chi connectivity index (χ3v) is 6.64. The number of allylic oxidation sites excluding steroid dienone is 1. The van der Waals surface area contributed by atoms with Crippen LogP contribution in [0.15, 0.2) is 49.2 Å². The molecule has 1 aliphatic carbocycles. The minimum atomic E-state index is -0.656. The molecule has 4 rings (SSSR count). The van der Waals surface area contributed by atoms with E-state index < -0.39 is 17.7 Å². The van der Waals surface area contributed by atoms with Crippen LogP contribution in [-0.4, -0.2) is 51.7 Å². The fourth-order valence-corrected chi connectivity index (χ4v) is 4.72. The molecule has 1 saturated carbocycles. The zero-order chi connectivity index (χ0) is 24.5. The molecule has 7 nitrogen and oxygen atoms in total. The molecule has 1 saturated heterocycles. The summed E-state index contributed by atoms with van der Waals surface area (Å²) in [7, 11) is 0. The number of benzene rings is 1. The van der Waals surface area contributed by atoms with Crippen LogP contribution in [0, 0.1) is 5.92 Å². The third-order valence-electron chi connectivity index (χ3n) is 6.64. The molecule has 2 fully saturated rings. The second kappa shape index (κ2) is 9.28. The van der Waals surface area contributed by atoms with Crippen molar-refractivity contribution in [2.45, 2.75) is 76.7 Å². The van der Waals surface area contributed by atoms with Gasteiger partial charge in [0, 0.05) is 23.5 Å². The lowest BCUT2D eigenvalue weighted by molar-refractivity contribution is -0.126. The Balaban J connectivity index is 1.50. The van der Waals surface area contributed by atoms with E-state index in [0.29, 0.717) is 18.1 Å². The van der Waals surface area contributed by atoms with E-state index in [4.69, 9.17) is 9.47 Å². The summed E-state index contributed by atoms with van der Waals surface area (Å²) in [5, 5.41) is 4.10. The van der Waals surface area contributed by atoms with Crippen LogP contribution in [-0.2, 0) is 9.53 Å². The summed E-state index contributed by atoms with van der Waals surface area (Å²) in [4.78, 5) is 32.3. The highest BCUT2D eigenvalue weighted by molar-refractivity contribution is 5.87. The SMILES string of the molecule is C=CCC[C@@H]1C[C@@]1(C)NC(=O)[C@@H]1CC(Oc2ccnc3ccccc23)CN1C(=O)OC(C)(C)C. The number of carbonyl (C=O) groups excluding carboxylic acids is 2. The zero-order valence-corrected chi connectivity index (χ0v) is 20.5. The number of fused-ring (bicyclic) bond motifs is 1. The van der Waals surface area contributed by atoms with E-state index in [0.717, 1.165) is 30.2 Å². The molecule has 1 N–H and O–H groups in total. The molecule has 0 radical (unpaired) electrons. The van der Waals surface area contributed by atoms with Crippen LogP contribution in [0.4, 0.5) is 4.79 Å². The number of hydrogen-bond donors (Lipinski definition) is 1. The second-order valence-electron chi connectivity index (χ2n) is 10.6. The highest BCUT2D eigenvalue weighted by Crippen LogP contribution is 2.46. The number of carbonyl (C=O) groups is 2. The largest absolute Gasteiger partial charge is 0.488 e. The van der Waals surface area contributed by atoms with Crippen LogP contribution in [0.3, 0.4) is 0 Å². The van der Waals surface area contributed by atoms with Gasteiger partial charge in [-0.05, 0) is 71.1 Å². The Morgan fingerprint density at radius 3 is 2.79 bits per heavy atom. The third kappa shape index (κ3) is 5.34. The average Bonchev–Trinajstić information content (AvgIpc) is 3.20. The zero-order valence-electron chi connectivity index (χ0n) is 20.5. The standard InChI is InChI=1S/C27H35N3O4/c1-6-7-10-18-16-27(18,5)29-24(31)22-15-19(17-30(22)25(32)34-26(2,3)4)33-23-13-14-28-21-12-9-8-11-20(21)23/h6,8-9,11-14,18-19,22H,1,7,10,15-17H2,2-5H3,(H,29,31)/t18-,19?,22+,27-/m1/s1. The van der Waals surface area contributed by atoms with Gasteiger partial charge in [0.05, 0.1) is 12.1 Å². The number of ether oxygens (including phenoxy) is 2. The van der Waals surface area contributed by atoms with Gasteiger partial charge >= 0.3 is 6.09 Å². The number of hydrogen-bond acceptors (Lipinski definition) is 5. The van der Waals surface area contributed by atoms with Crippen molar-refractivity contribution in [1.82, 2.24) is 15.2 Å². The first-order valence-electron chi connectivity index (χ1n) is 12.0. The first kappa shape index (κ1) is 24.0. The monoisotopic (exact) mass is 465 g/mol. The average molecular weight is 466 g/mol. The highest BCUT2D eigenvalue weighted by atomic mass is 16.6. The minimum Gasteiger partial charge on any atom is -0.488 e. The van der Waals surface area contributed by atoms with Crippen molar-refractivity contribution in [3.8, 4) is 5.75 Å². The van der Waals surface area contributed by atoms with Crippen molar-refractivity contribution in [3.05, 3.63) is 49.2 Å². The van der Waals surface area contributed by atoms with Crippen molar-refractivity contribution < 1.29 is 19.1 Å². The molecule has 4 atom stereocenters. The first-order valence-corrected chi connectivity index (χ1v) is 12.0. The Morgan fingerprint density at radius 2 is 2.06 bits per heavy atom. The lowest BCUT2D eigenvalue weighted by Crippen LogP contribution is -2.50. The highest BCUT2D eigenvalue weighted by Gasteiger charge is 2.52. The summed E-state index contributed by atoms with van der Waals surface area (Å²) in [5.74, 6) is 0.973. The lowest BCUT2D eigenvalue weighted by Gasteiger charge is -2.28. The van der Waals surface area contributed by atoms with Gasteiger partial charge in [-0.25, -0.2) is 4.79 Å². The molecule has 0 spiro atoms. The number of amides is 2. The first-order chi connectivity index (χ1) is 16.1. The maximum Gasteiger partial charge on any atom is 0.411 e. The number of aromatic nitrogens is 1. The number of likely N-dealkylation sites (tertiary alicyclic amines) is 1. The summed E-state index contributed by atoms with van der Waals surface area (Å²) in [6.45, 7) is 11.6. The molecule has 182 valence electrons. The molecule has 2 aliphatic rings. The maximum atomic E-state index is 13.4. The molecular weight excluding hydrogens is 430 g/mol. The molecule has 1 aromatic heterocycles. The summed E-state index contributed by atoms with van der Waals surface area (Å²) in [5.41, 5.74) is -0.0557. The van der Waals surface area contributed by atoms with Gasteiger partial charge in [0.15, 0.2) is 0 Å². The van der Waals surface area contributed by atoms with Crippen molar-refractivity contribution in [2.24, 2.45) is 5.92 Å². The normalized spacial score (nSPS) is 26.2. The quantitative estimate of drug-likeness (QED) is 0.591. The Hall–Kier alpha value is -3.09. The van der Waals surface area contributed by atoms with E-state index in [1.165, 1.54) is 4.90 Å². The fourth-order valence-electron chi connectivity index (χ4n) is 4.72. The van der Waals surface area contributed by atoms with Gasteiger partial charge in [0.2, 0.25) is 5.91 Å². The van der Waals surface area contributed by atoms with Crippen molar-refractivity contribution in [2.75, 3.05) is 6.54 Å². The van der Waals surface area contributed by atoms with E-state index in [9.17, 15) is 9.59 Å². The molecule has 2 heterocycles. The molecule has 1 aliphatic heterocycles. The Labute approximate surface area is 201 Å². The van der Waals surface area contributed by atoms with Crippen molar-refractivity contribution >= 4 is 22.9 Å². The van der Waals surface area contributed by atoms with Gasteiger partial charge in [-0.3, -0.25) is 14.7 Å². The van der Waals surface area contributed by atoms with Crippen LogP contribution >= 0.6 is 0 Å². The van der Waals surface area contributed by atoms with Gasteiger partial charge in [-0.15, -0.1) is 6.58 Å². The topological polar surface area (TPSA) is 80.8 Å². The van der Waals surface area contributed by atoms with Gasteiger partial charge in [0.25, 0.3) is 0 Å². The van der Waals surface area contributed by atoms with E-state index in [2.05, 4.69) is 23.8 Å². The van der Waals surface area contributed by atoms with Gasteiger partial charge in [0.1, 0.15) is 23.5 Å². The molecular formula is C27H35N3O4. The number of pyridine rings is 1. The molecule has 34 heavy (non-hydrogen) atoms. The molecule has 7 heteroatoms. The molecule has 1 unspecified atom stereocenters. The Morgan fingerprint density at radius 1 is 1.29 bits per heavy atom. The van der Waals surface area contributed by atoms with Crippen LogP contribution < -0.4 is 10.1 Å². The summed E-state index contributed by atoms with van der Waals surface area (Å²) in [6.07, 6.45) is 6.05.